The molecule has 0 radical (unpaired) electrons. The fraction of sp³-hybridized carbons (Fsp3) is 0.294. The second-order valence-corrected chi connectivity index (χ2v) is 5.79. The molecular weight excluding hydrogens is 287 g/mol. The predicted molar refractivity (Wildman–Crippen MR) is 87.0 cm³/mol. The normalized spacial score (nSPS) is 15.4. The Balaban J connectivity index is 1.72. The molecule has 1 aliphatic heterocycles. The molecule has 0 atom stereocenters. The van der Waals surface area contributed by atoms with Crippen LogP contribution in [0, 0.1) is 12.7 Å². The molecule has 0 unspecified atom stereocenters. The van der Waals surface area contributed by atoms with E-state index in [1.165, 1.54) is 0 Å². The van der Waals surface area contributed by atoms with Gasteiger partial charge in [0.25, 0.3) is 0 Å². The van der Waals surface area contributed by atoms with Gasteiger partial charge in [0.05, 0.1) is 16.4 Å². The van der Waals surface area contributed by atoms with Gasteiger partial charge >= 0.3 is 0 Å². The lowest BCUT2D eigenvalue weighted by Crippen LogP contribution is -2.46. The quantitative estimate of drug-likeness (QED) is 0.823. The summed E-state index contributed by atoms with van der Waals surface area (Å²) < 4.78 is 14.0. The van der Waals surface area contributed by atoms with Crippen LogP contribution in [0.15, 0.2) is 42.5 Å². The molecule has 0 amide bonds. The molecule has 3 rings (SSSR count). The van der Waals surface area contributed by atoms with Crippen LogP contribution in [0.1, 0.15) is 5.56 Å². The van der Waals surface area contributed by atoms with Crippen LogP contribution in [0.4, 0.5) is 15.8 Å². The zero-order chi connectivity index (χ0) is 14.8. The summed E-state index contributed by atoms with van der Waals surface area (Å²) in [4.78, 5) is 4.35. The van der Waals surface area contributed by atoms with Gasteiger partial charge in [0.2, 0.25) is 0 Å². The van der Waals surface area contributed by atoms with Gasteiger partial charge in [-0.05, 0) is 36.8 Å². The Morgan fingerprint density at radius 2 is 1.52 bits per heavy atom. The topological polar surface area (TPSA) is 6.48 Å². The highest BCUT2D eigenvalue weighted by atomic mass is 35.5. The summed E-state index contributed by atoms with van der Waals surface area (Å²) in [6, 6.07) is 13.3. The SMILES string of the molecule is Cc1ccc(N2CCN(c3ccccc3Cl)CC2)c(F)c1. The van der Waals surface area contributed by atoms with Crippen molar-refractivity contribution in [2.45, 2.75) is 6.92 Å². The van der Waals surface area contributed by atoms with Gasteiger partial charge in [-0.25, -0.2) is 4.39 Å². The Labute approximate surface area is 129 Å². The molecule has 0 bridgehead atoms. The van der Waals surface area contributed by atoms with Gasteiger partial charge in [0.15, 0.2) is 0 Å². The van der Waals surface area contributed by atoms with Crippen LogP contribution in [-0.4, -0.2) is 26.2 Å². The molecule has 110 valence electrons. The fourth-order valence-electron chi connectivity index (χ4n) is 2.76. The van der Waals surface area contributed by atoms with Crippen LogP contribution < -0.4 is 9.80 Å². The molecule has 2 nitrogen and oxygen atoms in total. The van der Waals surface area contributed by atoms with Crippen molar-refractivity contribution < 1.29 is 4.39 Å². The van der Waals surface area contributed by atoms with Crippen LogP contribution in [0.2, 0.25) is 5.02 Å². The molecule has 4 heteroatoms. The maximum absolute atomic E-state index is 14.0. The molecule has 0 aromatic heterocycles. The highest BCUT2D eigenvalue weighted by Crippen LogP contribution is 2.28. The van der Waals surface area contributed by atoms with E-state index >= 15 is 0 Å². The van der Waals surface area contributed by atoms with Gasteiger partial charge in [0, 0.05) is 26.2 Å². The van der Waals surface area contributed by atoms with Crippen molar-refractivity contribution in [3.05, 3.63) is 58.9 Å². The number of anilines is 2. The van der Waals surface area contributed by atoms with Crippen LogP contribution in [0.25, 0.3) is 0 Å². The molecule has 0 spiro atoms. The Bertz CT molecular complexity index is 636. The number of hydrogen-bond donors (Lipinski definition) is 0. The highest BCUT2D eigenvalue weighted by molar-refractivity contribution is 6.33. The first-order valence-corrected chi connectivity index (χ1v) is 7.53. The molecule has 1 aliphatic rings. The number of halogens is 2. The summed E-state index contributed by atoms with van der Waals surface area (Å²) >= 11 is 6.24. The highest BCUT2D eigenvalue weighted by Gasteiger charge is 2.20. The zero-order valence-electron chi connectivity index (χ0n) is 12.0. The number of rotatable bonds is 2. The summed E-state index contributed by atoms with van der Waals surface area (Å²) in [5.74, 6) is -0.138. The Hall–Kier alpha value is -1.74. The van der Waals surface area contributed by atoms with Crippen molar-refractivity contribution in [1.29, 1.82) is 0 Å². The Morgan fingerprint density at radius 1 is 0.905 bits per heavy atom. The van der Waals surface area contributed by atoms with Gasteiger partial charge in [-0.3, -0.25) is 0 Å². The van der Waals surface area contributed by atoms with E-state index in [4.69, 9.17) is 11.6 Å². The van der Waals surface area contributed by atoms with Gasteiger partial charge in [-0.1, -0.05) is 29.8 Å². The van der Waals surface area contributed by atoms with Gasteiger partial charge in [-0.2, -0.15) is 0 Å². The first kappa shape index (κ1) is 14.2. The van der Waals surface area contributed by atoms with E-state index in [2.05, 4.69) is 9.80 Å². The van der Waals surface area contributed by atoms with Gasteiger partial charge in [0.1, 0.15) is 5.82 Å². The summed E-state index contributed by atoms with van der Waals surface area (Å²) in [7, 11) is 0. The largest absolute Gasteiger partial charge is 0.367 e. The molecule has 0 N–H and O–H groups in total. The Kier molecular flexibility index (Phi) is 4.02. The lowest BCUT2D eigenvalue weighted by Gasteiger charge is -2.37. The third kappa shape index (κ3) is 2.98. The van der Waals surface area contributed by atoms with Crippen LogP contribution >= 0.6 is 11.6 Å². The molecule has 21 heavy (non-hydrogen) atoms. The van der Waals surface area contributed by atoms with Crippen molar-refractivity contribution >= 4 is 23.0 Å². The van der Waals surface area contributed by atoms with Crippen molar-refractivity contribution in [1.82, 2.24) is 0 Å². The number of hydrogen-bond acceptors (Lipinski definition) is 2. The maximum atomic E-state index is 14.0. The van der Waals surface area contributed by atoms with Crippen molar-refractivity contribution in [2.24, 2.45) is 0 Å². The van der Waals surface area contributed by atoms with Crippen molar-refractivity contribution in [3.8, 4) is 0 Å². The third-order valence-corrected chi connectivity index (χ3v) is 4.24. The molecule has 0 saturated carbocycles. The second kappa shape index (κ2) is 5.94. The molecular formula is C17H18ClFN2. The van der Waals surface area contributed by atoms with Crippen LogP contribution in [0.5, 0.6) is 0 Å². The van der Waals surface area contributed by atoms with E-state index in [9.17, 15) is 4.39 Å². The van der Waals surface area contributed by atoms with E-state index in [1.54, 1.807) is 6.07 Å². The van der Waals surface area contributed by atoms with E-state index in [1.807, 2.05) is 43.3 Å². The van der Waals surface area contributed by atoms with E-state index in [0.717, 1.165) is 42.5 Å². The zero-order valence-corrected chi connectivity index (χ0v) is 12.8. The first-order chi connectivity index (χ1) is 10.1. The first-order valence-electron chi connectivity index (χ1n) is 7.16. The van der Waals surface area contributed by atoms with E-state index in [0.29, 0.717) is 5.69 Å². The standard InChI is InChI=1S/C17H18ClFN2/c1-13-6-7-17(15(19)12-13)21-10-8-20(9-11-21)16-5-3-2-4-14(16)18/h2-7,12H,8-11H2,1H3. The lowest BCUT2D eigenvalue weighted by atomic mass is 10.1. The maximum Gasteiger partial charge on any atom is 0.146 e. The monoisotopic (exact) mass is 304 g/mol. The van der Waals surface area contributed by atoms with E-state index < -0.39 is 0 Å². The molecule has 2 aromatic rings. The van der Waals surface area contributed by atoms with Crippen molar-refractivity contribution in [3.63, 3.8) is 0 Å². The van der Waals surface area contributed by atoms with E-state index in [-0.39, 0.29) is 5.82 Å². The molecule has 1 fully saturated rings. The summed E-state index contributed by atoms with van der Waals surface area (Å²) in [5.41, 5.74) is 2.70. The molecule has 1 saturated heterocycles. The van der Waals surface area contributed by atoms with Crippen LogP contribution in [0.3, 0.4) is 0 Å². The fourth-order valence-corrected chi connectivity index (χ4v) is 3.02. The average molecular weight is 305 g/mol. The number of para-hydroxylation sites is 1. The Morgan fingerprint density at radius 3 is 2.14 bits per heavy atom. The molecule has 1 heterocycles. The summed E-state index contributed by atoms with van der Waals surface area (Å²) in [6.45, 7) is 5.19. The summed E-state index contributed by atoms with van der Waals surface area (Å²) in [5, 5.41) is 0.771. The van der Waals surface area contributed by atoms with Gasteiger partial charge in [-0.15, -0.1) is 0 Å². The molecule has 2 aromatic carbocycles. The van der Waals surface area contributed by atoms with Gasteiger partial charge < -0.3 is 9.80 Å². The predicted octanol–water partition coefficient (Wildman–Crippen LogP) is 4.11. The summed E-state index contributed by atoms with van der Waals surface area (Å²) in [6.07, 6.45) is 0. The third-order valence-electron chi connectivity index (χ3n) is 3.92. The number of nitrogens with zero attached hydrogens (tertiary/aromatic N) is 2. The second-order valence-electron chi connectivity index (χ2n) is 5.38. The average Bonchev–Trinajstić information content (AvgIpc) is 2.48. The number of piperazine rings is 1. The minimum Gasteiger partial charge on any atom is -0.367 e. The lowest BCUT2D eigenvalue weighted by molar-refractivity contribution is 0.597. The van der Waals surface area contributed by atoms with Crippen molar-refractivity contribution in [2.75, 3.05) is 36.0 Å². The molecule has 0 aliphatic carbocycles. The minimum atomic E-state index is -0.138. The van der Waals surface area contributed by atoms with Crippen LogP contribution in [-0.2, 0) is 0 Å². The number of aryl methyl sites for hydroxylation is 1. The minimum absolute atomic E-state index is 0.138. The number of benzene rings is 2. The smallest absolute Gasteiger partial charge is 0.146 e.